The number of benzene rings is 2. The highest BCUT2D eigenvalue weighted by atomic mass is 16.5. The Hall–Kier alpha value is -1.88. The first-order valence-electron chi connectivity index (χ1n) is 10.6. The van der Waals surface area contributed by atoms with Crippen LogP contribution in [0.1, 0.15) is 51.3 Å². The predicted octanol–water partition coefficient (Wildman–Crippen LogP) is 4.87. The molecule has 0 aliphatic carbocycles. The molecule has 0 bridgehead atoms. The fourth-order valence-corrected chi connectivity index (χ4v) is 3.72. The van der Waals surface area contributed by atoms with Gasteiger partial charge in [-0.15, -0.1) is 0 Å². The molecule has 0 aromatic heterocycles. The number of aliphatic hydroxyl groups excluding tert-OH is 1. The van der Waals surface area contributed by atoms with E-state index in [0.717, 1.165) is 24.2 Å². The van der Waals surface area contributed by atoms with Crippen molar-refractivity contribution in [3.8, 4) is 5.75 Å². The van der Waals surface area contributed by atoms with Crippen LogP contribution in [0.4, 0.5) is 0 Å². The zero-order valence-corrected chi connectivity index (χ0v) is 18.5. The molecule has 0 amide bonds. The van der Waals surface area contributed by atoms with Crippen molar-refractivity contribution in [3.05, 3.63) is 65.7 Å². The summed E-state index contributed by atoms with van der Waals surface area (Å²) in [6.07, 6.45) is 1.22. The smallest absolute Gasteiger partial charge is 0.125 e. The zero-order valence-electron chi connectivity index (χ0n) is 18.5. The Labute approximate surface area is 176 Å². The fraction of sp³-hybridized carbons (Fsp3) is 0.520. The Morgan fingerprint density at radius 3 is 2.14 bits per heavy atom. The van der Waals surface area contributed by atoms with E-state index in [-0.39, 0.29) is 12.7 Å². The molecule has 160 valence electrons. The van der Waals surface area contributed by atoms with Crippen LogP contribution in [0.15, 0.2) is 54.6 Å². The SMILES string of the molecule is COC(CCc1ccccc1)c1ccccc1OCC(O)CN(C(C)C)C(C)C. The molecular formula is C25H37NO3. The first kappa shape index (κ1) is 23.4. The Morgan fingerprint density at radius 1 is 0.897 bits per heavy atom. The first-order chi connectivity index (χ1) is 13.9. The molecule has 0 spiro atoms. The second-order valence-electron chi connectivity index (χ2n) is 8.14. The lowest BCUT2D eigenvalue weighted by Crippen LogP contribution is -2.43. The molecule has 29 heavy (non-hydrogen) atoms. The molecule has 0 heterocycles. The summed E-state index contributed by atoms with van der Waals surface area (Å²) in [5.41, 5.74) is 2.33. The second-order valence-corrected chi connectivity index (χ2v) is 8.14. The van der Waals surface area contributed by atoms with E-state index in [9.17, 15) is 5.11 Å². The summed E-state index contributed by atoms with van der Waals surface area (Å²) in [7, 11) is 1.74. The normalized spacial score (nSPS) is 13.8. The minimum absolute atomic E-state index is 0.0497. The number of hydrogen-bond donors (Lipinski definition) is 1. The largest absolute Gasteiger partial charge is 0.490 e. The summed E-state index contributed by atoms with van der Waals surface area (Å²) >= 11 is 0. The topological polar surface area (TPSA) is 41.9 Å². The number of hydrogen-bond acceptors (Lipinski definition) is 4. The second kappa shape index (κ2) is 12.0. The van der Waals surface area contributed by atoms with Crippen molar-refractivity contribution in [2.24, 2.45) is 0 Å². The van der Waals surface area contributed by atoms with Crippen molar-refractivity contribution in [1.82, 2.24) is 4.90 Å². The van der Waals surface area contributed by atoms with E-state index < -0.39 is 6.10 Å². The first-order valence-corrected chi connectivity index (χ1v) is 10.6. The number of methoxy groups -OCH3 is 1. The van der Waals surface area contributed by atoms with Gasteiger partial charge in [-0.25, -0.2) is 0 Å². The molecule has 0 fully saturated rings. The van der Waals surface area contributed by atoms with Gasteiger partial charge in [-0.1, -0.05) is 48.5 Å². The van der Waals surface area contributed by atoms with Crippen molar-refractivity contribution in [3.63, 3.8) is 0 Å². The van der Waals surface area contributed by atoms with Crippen molar-refractivity contribution in [2.75, 3.05) is 20.3 Å². The van der Waals surface area contributed by atoms with E-state index in [1.807, 2.05) is 24.3 Å². The van der Waals surface area contributed by atoms with Gasteiger partial charge in [0.1, 0.15) is 18.5 Å². The summed E-state index contributed by atoms with van der Waals surface area (Å²) in [5.74, 6) is 0.784. The zero-order chi connectivity index (χ0) is 21.2. The lowest BCUT2D eigenvalue weighted by atomic mass is 10.0. The minimum atomic E-state index is -0.543. The maximum absolute atomic E-state index is 10.5. The third-order valence-corrected chi connectivity index (χ3v) is 5.27. The highest BCUT2D eigenvalue weighted by Crippen LogP contribution is 2.30. The summed E-state index contributed by atoms with van der Waals surface area (Å²) < 4.78 is 11.8. The van der Waals surface area contributed by atoms with E-state index in [4.69, 9.17) is 9.47 Å². The molecule has 0 aliphatic heterocycles. The molecule has 0 saturated heterocycles. The predicted molar refractivity (Wildman–Crippen MR) is 119 cm³/mol. The summed E-state index contributed by atoms with van der Waals surface area (Å²) in [4.78, 5) is 2.28. The molecule has 0 aliphatic rings. The van der Waals surface area contributed by atoms with E-state index in [1.165, 1.54) is 5.56 Å². The standard InChI is InChI=1S/C25H37NO3/c1-19(2)26(20(3)4)17-22(27)18-29-25-14-10-9-13-23(25)24(28-5)16-15-21-11-7-6-8-12-21/h6-14,19-20,22,24,27H,15-18H2,1-5H3. The van der Waals surface area contributed by atoms with Crippen LogP contribution in [-0.2, 0) is 11.2 Å². The van der Waals surface area contributed by atoms with Gasteiger partial charge in [-0.3, -0.25) is 4.90 Å². The maximum Gasteiger partial charge on any atom is 0.125 e. The highest BCUT2D eigenvalue weighted by Gasteiger charge is 2.20. The van der Waals surface area contributed by atoms with Crippen molar-refractivity contribution in [2.45, 2.75) is 64.8 Å². The van der Waals surface area contributed by atoms with Crippen LogP contribution in [0.3, 0.4) is 0 Å². The Balaban J connectivity index is 1.99. The van der Waals surface area contributed by atoms with E-state index in [1.54, 1.807) is 7.11 Å². The van der Waals surface area contributed by atoms with Crippen LogP contribution in [0, 0.1) is 0 Å². The van der Waals surface area contributed by atoms with Gasteiger partial charge in [-0.05, 0) is 52.2 Å². The third-order valence-electron chi connectivity index (χ3n) is 5.27. The molecule has 2 aromatic rings. The fourth-order valence-electron chi connectivity index (χ4n) is 3.72. The van der Waals surface area contributed by atoms with Gasteiger partial charge in [0.05, 0.1) is 6.10 Å². The quantitative estimate of drug-likeness (QED) is 0.553. The molecule has 1 N–H and O–H groups in total. The van der Waals surface area contributed by atoms with Crippen LogP contribution in [-0.4, -0.2) is 48.5 Å². The number of ether oxygens (including phenoxy) is 2. The van der Waals surface area contributed by atoms with Crippen LogP contribution in [0.25, 0.3) is 0 Å². The Kier molecular flexibility index (Phi) is 9.65. The van der Waals surface area contributed by atoms with Crippen molar-refractivity contribution in [1.29, 1.82) is 0 Å². The van der Waals surface area contributed by atoms with Gasteiger partial charge in [0.25, 0.3) is 0 Å². The number of rotatable bonds is 12. The molecule has 0 saturated carbocycles. The highest BCUT2D eigenvalue weighted by molar-refractivity contribution is 5.35. The minimum Gasteiger partial charge on any atom is -0.490 e. The Bertz CT molecular complexity index is 694. The lowest BCUT2D eigenvalue weighted by molar-refractivity contribution is 0.0422. The molecule has 0 radical (unpaired) electrons. The van der Waals surface area contributed by atoms with Crippen LogP contribution in [0.5, 0.6) is 5.75 Å². The summed E-state index contributed by atoms with van der Waals surface area (Å²) in [6.45, 7) is 9.47. The van der Waals surface area contributed by atoms with Crippen LogP contribution >= 0.6 is 0 Å². The average Bonchev–Trinajstić information content (AvgIpc) is 2.72. The number of para-hydroxylation sites is 1. The molecule has 2 atom stereocenters. The lowest BCUT2D eigenvalue weighted by Gasteiger charge is -2.32. The number of aliphatic hydroxyl groups is 1. The van der Waals surface area contributed by atoms with Gasteiger partial charge in [-0.2, -0.15) is 0 Å². The summed E-state index contributed by atoms with van der Waals surface area (Å²) in [6, 6.07) is 19.2. The van der Waals surface area contributed by atoms with Gasteiger partial charge in [0.15, 0.2) is 0 Å². The monoisotopic (exact) mass is 399 g/mol. The summed E-state index contributed by atoms with van der Waals surface area (Å²) in [5, 5.41) is 10.5. The Morgan fingerprint density at radius 2 is 1.52 bits per heavy atom. The van der Waals surface area contributed by atoms with Crippen molar-refractivity contribution < 1.29 is 14.6 Å². The molecule has 4 nitrogen and oxygen atoms in total. The molecule has 2 aromatic carbocycles. The van der Waals surface area contributed by atoms with Crippen LogP contribution < -0.4 is 4.74 Å². The van der Waals surface area contributed by atoms with Gasteiger partial charge in [0.2, 0.25) is 0 Å². The molecule has 2 rings (SSSR count). The van der Waals surface area contributed by atoms with Gasteiger partial charge in [0, 0.05) is 31.3 Å². The van der Waals surface area contributed by atoms with Gasteiger partial charge < -0.3 is 14.6 Å². The number of nitrogens with zero attached hydrogens (tertiary/aromatic N) is 1. The van der Waals surface area contributed by atoms with E-state index in [2.05, 4.69) is 62.9 Å². The van der Waals surface area contributed by atoms with Gasteiger partial charge >= 0.3 is 0 Å². The molecule has 2 unspecified atom stereocenters. The third kappa shape index (κ3) is 7.46. The van der Waals surface area contributed by atoms with E-state index >= 15 is 0 Å². The maximum atomic E-state index is 10.5. The van der Waals surface area contributed by atoms with Crippen LogP contribution in [0.2, 0.25) is 0 Å². The number of aryl methyl sites for hydroxylation is 1. The molecule has 4 heteroatoms. The average molecular weight is 400 g/mol. The van der Waals surface area contributed by atoms with Crippen molar-refractivity contribution >= 4 is 0 Å². The van der Waals surface area contributed by atoms with E-state index in [0.29, 0.717) is 18.6 Å². The molecular weight excluding hydrogens is 362 g/mol.